The zero-order valence-electron chi connectivity index (χ0n) is 49.3. The van der Waals surface area contributed by atoms with Crippen molar-refractivity contribution in [3.05, 3.63) is 88.0 Å². The van der Waals surface area contributed by atoms with Crippen LogP contribution in [0.15, 0.2) is 54.6 Å². The molecule has 0 amide bonds. The van der Waals surface area contributed by atoms with Crippen LogP contribution in [0.3, 0.4) is 0 Å². The largest absolute Gasteiger partial charge is 0.530 e. The van der Waals surface area contributed by atoms with Gasteiger partial charge in [0.1, 0.15) is 17.2 Å². The van der Waals surface area contributed by atoms with Crippen LogP contribution in [0, 0.1) is 0 Å². The van der Waals surface area contributed by atoms with Gasteiger partial charge >= 0.3 is 8.60 Å². The van der Waals surface area contributed by atoms with Crippen molar-refractivity contribution in [2.75, 3.05) is 0 Å². The van der Waals surface area contributed by atoms with Gasteiger partial charge in [-0.25, -0.2) is 0 Å². The molecule has 0 N–H and O–H groups in total. The zero-order chi connectivity index (χ0) is 52.2. The van der Waals surface area contributed by atoms with Crippen molar-refractivity contribution in [1.82, 2.24) is 0 Å². The van der Waals surface area contributed by atoms with Crippen molar-refractivity contribution < 1.29 is 13.6 Å². The molecule has 0 aromatic heterocycles. The first-order valence-electron chi connectivity index (χ1n) is 29.1. The van der Waals surface area contributed by atoms with Crippen LogP contribution in [-0.2, 0) is 32.5 Å². The molecular weight excluding hydrogens is 872 g/mol. The highest BCUT2D eigenvalue weighted by Gasteiger charge is 2.34. The maximum absolute atomic E-state index is 7.24. The summed E-state index contributed by atoms with van der Waals surface area (Å²) in [5, 5.41) is 0. The molecule has 0 radical (unpaired) electrons. The number of hydrogen-bond acceptors (Lipinski definition) is 3. The molecule has 3 aromatic rings. The molecule has 3 rings (SSSR count). The van der Waals surface area contributed by atoms with E-state index in [4.69, 9.17) is 13.6 Å². The van der Waals surface area contributed by atoms with E-state index in [1.54, 1.807) is 0 Å². The van der Waals surface area contributed by atoms with E-state index in [1.807, 2.05) is 0 Å². The summed E-state index contributed by atoms with van der Waals surface area (Å²) >= 11 is 0. The van der Waals surface area contributed by atoms with E-state index in [9.17, 15) is 0 Å². The Balaban J connectivity index is 2.09. The number of hydrogen-bond donors (Lipinski definition) is 0. The minimum Gasteiger partial charge on any atom is -0.408 e. The first-order chi connectivity index (χ1) is 32.8. The second kappa shape index (κ2) is 28.8. The highest BCUT2D eigenvalue weighted by molar-refractivity contribution is 7.43. The average Bonchev–Trinajstić information content (AvgIpc) is 3.27. The summed E-state index contributed by atoms with van der Waals surface area (Å²) in [5.41, 5.74) is 7.34. The van der Waals surface area contributed by atoms with E-state index in [-0.39, 0.29) is 32.5 Å². The lowest BCUT2D eigenvalue weighted by Gasteiger charge is -2.32. The standard InChI is InChI=1S/C66H111O3P/c1-19-22-25-28-31-34-37-46-64(13,14)52-40-43-58(55(49-52)61(4,5)6)67-70(68-59-44-41-53(50-56(59)62(7,8)9)65(15,16)47-38-35-32-29-26-23-20-2)69-60-45-42-54(51-57(60)63(10,11)12)66(17,18)48-39-36-33-30-27-24-21-3/h40-45,49-51H,19-39,46-48H2,1-18H3. The van der Waals surface area contributed by atoms with Gasteiger partial charge in [-0.3, -0.25) is 0 Å². The summed E-state index contributed by atoms with van der Waals surface area (Å²) in [7, 11) is -1.95. The van der Waals surface area contributed by atoms with E-state index < -0.39 is 8.60 Å². The third kappa shape index (κ3) is 20.8. The first-order valence-corrected chi connectivity index (χ1v) is 30.2. The van der Waals surface area contributed by atoms with Gasteiger partial charge in [-0.15, -0.1) is 0 Å². The third-order valence-corrected chi connectivity index (χ3v) is 16.5. The predicted octanol–water partition coefficient (Wildman–Crippen LogP) is 22.6. The Kier molecular flexibility index (Phi) is 25.4. The topological polar surface area (TPSA) is 27.7 Å². The number of unbranched alkanes of at least 4 members (excludes halogenated alkanes) is 18. The molecule has 3 aromatic carbocycles. The second-order valence-electron chi connectivity index (χ2n) is 26.6. The Morgan fingerprint density at radius 1 is 0.300 bits per heavy atom. The highest BCUT2D eigenvalue weighted by atomic mass is 31.2. The van der Waals surface area contributed by atoms with Crippen molar-refractivity contribution in [3.8, 4) is 17.2 Å². The van der Waals surface area contributed by atoms with Gasteiger partial charge in [-0.1, -0.05) is 296 Å². The fraction of sp³-hybridized carbons (Fsp3) is 0.727. The summed E-state index contributed by atoms with van der Waals surface area (Å²) in [6.07, 6.45) is 31.4. The predicted molar refractivity (Wildman–Crippen MR) is 311 cm³/mol. The van der Waals surface area contributed by atoms with E-state index in [1.165, 1.54) is 187 Å². The quantitative estimate of drug-likeness (QED) is 0.0450. The van der Waals surface area contributed by atoms with Gasteiger partial charge in [0, 0.05) is 16.7 Å². The fourth-order valence-electron chi connectivity index (χ4n) is 10.2. The third-order valence-electron chi connectivity index (χ3n) is 15.4. The lowest BCUT2D eigenvalue weighted by molar-refractivity contribution is 0.370. The number of rotatable bonds is 33. The van der Waals surface area contributed by atoms with Gasteiger partial charge in [-0.2, -0.15) is 0 Å². The summed E-state index contributed by atoms with van der Waals surface area (Å²) in [5.74, 6) is 2.51. The summed E-state index contributed by atoms with van der Waals surface area (Å²) in [6.45, 7) is 42.2. The van der Waals surface area contributed by atoms with Gasteiger partial charge < -0.3 is 13.6 Å². The molecule has 0 aliphatic heterocycles. The molecule has 4 heteroatoms. The van der Waals surface area contributed by atoms with E-state index >= 15 is 0 Å². The maximum atomic E-state index is 7.24. The van der Waals surface area contributed by atoms with Gasteiger partial charge in [0.25, 0.3) is 0 Å². The number of benzene rings is 3. The summed E-state index contributed by atoms with van der Waals surface area (Å²) in [6, 6.07) is 20.8. The van der Waals surface area contributed by atoms with E-state index in [2.05, 4.69) is 179 Å². The molecule has 3 nitrogen and oxygen atoms in total. The van der Waals surface area contributed by atoms with Crippen LogP contribution in [0.1, 0.15) is 312 Å². The molecule has 0 heterocycles. The lowest BCUT2D eigenvalue weighted by atomic mass is 9.76. The first kappa shape index (κ1) is 61.8. The Bertz CT molecular complexity index is 1710. The summed E-state index contributed by atoms with van der Waals surface area (Å²) in [4.78, 5) is 0. The van der Waals surface area contributed by atoms with Gasteiger partial charge in [0.2, 0.25) is 0 Å². The molecule has 0 atom stereocenters. The van der Waals surface area contributed by atoms with E-state index in [0.29, 0.717) is 0 Å². The van der Waals surface area contributed by atoms with Crippen LogP contribution in [-0.4, -0.2) is 0 Å². The van der Waals surface area contributed by atoms with Crippen molar-refractivity contribution in [1.29, 1.82) is 0 Å². The molecule has 0 aliphatic rings. The Morgan fingerprint density at radius 3 is 0.729 bits per heavy atom. The van der Waals surface area contributed by atoms with Crippen molar-refractivity contribution >= 4 is 8.60 Å². The zero-order valence-corrected chi connectivity index (χ0v) is 50.2. The average molecular weight is 984 g/mol. The van der Waals surface area contributed by atoms with Gasteiger partial charge in [-0.05, 0) is 86.6 Å². The molecule has 70 heavy (non-hydrogen) atoms. The highest BCUT2D eigenvalue weighted by Crippen LogP contribution is 2.51. The van der Waals surface area contributed by atoms with E-state index in [0.717, 1.165) is 17.2 Å². The van der Waals surface area contributed by atoms with Gasteiger partial charge in [0.15, 0.2) is 0 Å². The van der Waals surface area contributed by atoms with Crippen molar-refractivity contribution in [2.45, 2.75) is 311 Å². The Labute approximate surface area is 436 Å². The molecule has 0 spiro atoms. The molecule has 0 saturated heterocycles. The molecule has 0 saturated carbocycles. The van der Waals surface area contributed by atoms with Crippen LogP contribution in [0.2, 0.25) is 0 Å². The fourth-order valence-corrected chi connectivity index (χ4v) is 11.2. The van der Waals surface area contributed by atoms with Crippen LogP contribution in [0.25, 0.3) is 0 Å². The van der Waals surface area contributed by atoms with Crippen LogP contribution < -0.4 is 13.6 Å². The minimum absolute atomic E-state index is 0.0528. The van der Waals surface area contributed by atoms with Crippen LogP contribution in [0.5, 0.6) is 17.2 Å². The molecule has 0 fully saturated rings. The molecular formula is C66H111O3P. The Hall–Kier alpha value is -2.51. The van der Waals surface area contributed by atoms with Crippen LogP contribution >= 0.6 is 8.60 Å². The van der Waals surface area contributed by atoms with Crippen molar-refractivity contribution in [3.63, 3.8) is 0 Å². The normalized spacial score (nSPS) is 13.1. The molecule has 0 unspecified atom stereocenters. The monoisotopic (exact) mass is 983 g/mol. The smallest absolute Gasteiger partial charge is 0.408 e. The van der Waals surface area contributed by atoms with Gasteiger partial charge in [0.05, 0.1) is 0 Å². The Morgan fingerprint density at radius 2 is 0.514 bits per heavy atom. The second-order valence-corrected chi connectivity index (χ2v) is 27.6. The van der Waals surface area contributed by atoms with Crippen LogP contribution in [0.4, 0.5) is 0 Å². The molecule has 0 aliphatic carbocycles. The lowest BCUT2D eigenvalue weighted by Crippen LogP contribution is -2.21. The maximum Gasteiger partial charge on any atom is 0.530 e. The summed E-state index contributed by atoms with van der Waals surface area (Å²) < 4.78 is 21.7. The SMILES string of the molecule is CCCCCCCCCC(C)(C)c1ccc(OP(Oc2ccc(C(C)(C)CCCCCCCCC)cc2C(C)(C)C)Oc2ccc(C(C)(C)CCCCCCCCC)cc2C(C)(C)C)c(C(C)(C)C)c1. The molecule has 398 valence electrons. The molecule has 0 bridgehead atoms. The minimum atomic E-state index is -1.95. The van der Waals surface area contributed by atoms with Crippen molar-refractivity contribution in [2.24, 2.45) is 0 Å².